The zero-order chi connectivity index (χ0) is 19.8. The normalized spacial score (nSPS) is 11.0. The highest BCUT2D eigenvalue weighted by Gasteiger charge is 2.19. The van der Waals surface area contributed by atoms with Gasteiger partial charge in [-0.25, -0.2) is 4.98 Å². The number of halogens is 3. The molecule has 0 unspecified atom stereocenters. The second-order valence-corrected chi connectivity index (χ2v) is 7.61. The molecule has 0 aliphatic heterocycles. The van der Waals surface area contributed by atoms with Crippen molar-refractivity contribution in [3.05, 3.63) is 87.0 Å². The fourth-order valence-electron chi connectivity index (χ4n) is 2.96. The SMILES string of the molecule is Cc1ccc2nc(-c3cccc(Cl)c3)c(NC(=O)c3ccc(Cl)cc3Cl)n2c1. The van der Waals surface area contributed by atoms with E-state index in [2.05, 4.69) is 10.3 Å². The van der Waals surface area contributed by atoms with Crippen molar-refractivity contribution in [3.8, 4) is 11.3 Å². The fraction of sp³-hybridized carbons (Fsp3) is 0.0476. The van der Waals surface area contributed by atoms with Crippen LogP contribution in [-0.2, 0) is 0 Å². The number of hydrogen-bond donors (Lipinski definition) is 1. The largest absolute Gasteiger partial charge is 0.306 e. The molecule has 2 aromatic carbocycles. The lowest BCUT2D eigenvalue weighted by Gasteiger charge is -2.10. The van der Waals surface area contributed by atoms with E-state index in [1.165, 1.54) is 6.07 Å². The average molecular weight is 431 g/mol. The molecule has 0 aliphatic carbocycles. The average Bonchev–Trinajstić information content (AvgIpc) is 2.99. The molecule has 2 heterocycles. The number of aromatic nitrogens is 2. The number of amides is 1. The maximum absolute atomic E-state index is 12.9. The van der Waals surface area contributed by atoms with Gasteiger partial charge in [-0.3, -0.25) is 9.20 Å². The van der Waals surface area contributed by atoms with Crippen LogP contribution in [-0.4, -0.2) is 15.3 Å². The molecule has 4 rings (SSSR count). The van der Waals surface area contributed by atoms with E-state index < -0.39 is 0 Å². The van der Waals surface area contributed by atoms with Gasteiger partial charge in [-0.1, -0.05) is 53.0 Å². The molecule has 1 amide bonds. The van der Waals surface area contributed by atoms with E-state index in [0.717, 1.165) is 11.1 Å². The van der Waals surface area contributed by atoms with Gasteiger partial charge >= 0.3 is 0 Å². The third-order valence-corrected chi connectivity index (χ3v) is 5.06. The van der Waals surface area contributed by atoms with Crippen LogP contribution in [0, 0.1) is 6.92 Å². The van der Waals surface area contributed by atoms with Gasteiger partial charge < -0.3 is 5.32 Å². The van der Waals surface area contributed by atoms with Crippen molar-refractivity contribution in [1.29, 1.82) is 0 Å². The van der Waals surface area contributed by atoms with Gasteiger partial charge in [-0.05, 0) is 48.9 Å². The van der Waals surface area contributed by atoms with Crippen molar-refractivity contribution < 1.29 is 4.79 Å². The van der Waals surface area contributed by atoms with E-state index in [1.54, 1.807) is 24.3 Å². The Hall–Kier alpha value is -2.53. The van der Waals surface area contributed by atoms with Crippen LogP contribution < -0.4 is 5.32 Å². The predicted molar refractivity (Wildman–Crippen MR) is 115 cm³/mol. The summed E-state index contributed by atoms with van der Waals surface area (Å²) in [6.07, 6.45) is 1.91. The molecule has 4 nitrogen and oxygen atoms in total. The summed E-state index contributed by atoms with van der Waals surface area (Å²) < 4.78 is 1.84. The van der Waals surface area contributed by atoms with Crippen molar-refractivity contribution in [2.75, 3.05) is 5.32 Å². The first-order chi connectivity index (χ1) is 13.4. The van der Waals surface area contributed by atoms with Crippen molar-refractivity contribution >= 4 is 52.2 Å². The molecule has 0 saturated heterocycles. The highest BCUT2D eigenvalue weighted by atomic mass is 35.5. The monoisotopic (exact) mass is 429 g/mol. The van der Waals surface area contributed by atoms with Crippen LogP contribution in [0.5, 0.6) is 0 Å². The third kappa shape index (κ3) is 3.59. The molecule has 0 spiro atoms. The van der Waals surface area contributed by atoms with Gasteiger partial charge in [-0.15, -0.1) is 0 Å². The first kappa shape index (κ1) is 18.8. The van der Waals surface area contributed by atoms with Crippen LogP contribution in [0.15, 0.2) is 60.8 Å². The summed E-state index contributed by atoms with van der Waals surface area (Å²) in [4.78, 5) is 17.6. The molecule has 0 radical (unpaired) electrons. The van der Waals surface area contributed by atoms with Crippen molar-refractivity contribution in [2.24, 2.45) is 0 Å². The second-order valence-electron chi connectivity index (χ2n) is 6.33. The topological polar surface area (TPSA) is 46.4 Å². The van der Waals surface area contributed by atoms with Crippen LogP contribution in [0.25, 0.3) is 16.9 Å². The Morgan fingerprint density at radius 3 is 2.54 bits per heavy atom. The quantitative estimate of drug-likeness (QED) is 0.402. The molecule has 140 valence electrons. The van der Waals surface area contributed by atoms with Crippen molar-refractivity contribution in [3.63, 3.8) is 0 Å². The minimum atomic E-state index is -0.353. The summed E-state index contributed by atoms with van der Waals surface area (Å²) in [5.41, 5.74) is 3.48. The van der Waals surface area contributed by atoms with Gasteiger partial charge in [-0.2, -0.15) is 0 Å². The summed E-state index contributed by atoms with van der Waals surface area (Å²) in [5, 5.41) is 4.27. The maximum atomic E-state index is 12.9. The van der Waals surface area contributed by atoms with Gasteiger partial charge in [0.25, 0.3) is 5.91 Å². The maximum Gasteiger partial charge on any atom is 0.258 e. The number of benzene rings is 2. The Morgan fingerprint density at radius 2 is 1.79 bits per heavy atom. The van der Waals surface area contributed by atoms with Crippen LogP contribution >= 0.6 is 34.8 Å². The fourth-order valence-corrected chi connectivity index (χ4v) is 3.64. The number of anilines is 1. The molecule has 2 aromatic heterocycles. The Labute approximate surface area is 176 Å². The number of fused-ring (bicyclic) bond motifs is 1. The van der Waals surface area contributed by atoms with Crippen LogP contribution in [0.4, 0.5) is 5.82 Å². The minimum Gasteiger partial charge on any atom is -0.306 e. The standard InChI is InChI=1S/C21H14Cl3N3O/c1-12-5-8-18-25-19(13-3-2-4-14(22)9-13)20(27(18)11-12)26-21(28)16-7-6-15(23)10-17(16)24/h2-11H,1H3,(H,26,28). The predicted octanol–water partition coefficient (Wildman–Crippen LogP) is 6.52. The molecule has 28 heavy (non-hydrogen) atoms. The van der Waals surface area contributed by atoms with Gasteiger partial charge in [0, 0.05) is 21.8 Å². The lowest BCUT2D eigenvalue weighted by atomic mass is 10.1. The number of pyridine rings is 1. The molecule has 0 saturated carbocycles. The number of carbonyl (C=O) groups excluding carboxylic acids is 1. The second kappa shape index (κ2) is 7.47. The summed E-state index contributed by atoms with van der Waals surface area (Å²) >= 11 is 18.3. The molecular weight excluding hydrogens is 417 g/mol. The minimum absolute atomic E-state index is 0.277. The van der Waals surface area contributed by atoms with E-state index in [4.69, 9.17) is 34.8 Å². The summed E-state index contributed by atoms with van der Waals surface area (Å²) in [6, 6.07) is 15.9. The number of imidazole rings is 1. The number of aryl methyl sites for hydroxylation is 1. The zero-order valence-corrected chi connectivity index (χ0v) is 17.0. The zero-order valence-electron chi connectivity index (χ0n) is 14.7. The van der Waals surface area contributed by atoms with Gasteiger partial charge in [0.1, 0.15) is 17.2 Å². The molecule has 7 heteroatoms. The first-order valence-corrected chi connectivity index (χ1v) is 9.57. The van der Waals surface area contributed by atoms with E-state index in [1.807, 2.05) is 41.8 Å². The van der Waals surface area contributed by atoms with E-state index in [-0.39, 0.29) is 10.9 Å². The van der Waals surface area contributed by atoms with Crippen LogP contribution in [0.2, 0.25) is 15.1 Å². The highest BCUT2D eigenvalue weighted by Crippen LogP contribution is 2.31. The first-order valence-electron chi connectivity index (χ1n) is 8.43. The van der Waals surface area contributed by atoms with Crippen LogP contribution in [0.3, 0.4) is 0 Å². The Kier molecular flexibility index (Phi) is 5.02. The molecular formula is C21H14Cl3N3O. The van der Waals surface area contributed by atoms with Crippen LogP contribution in [0.1, 0.15) is 15.9 Å². The van der Waals surface area contributed by atoms with E-state index >= 15 is 0 Å². The number of nitrogens with zero attached hydrogens (tertiary/aromatic N) is 2. The molecule has 0 atom stereocenters. The number of hydrogen-bond acceptors (Lipinski definition) is 2. The Balaban J connectivity index is 1.85. The number of rotatable bonds is 3. The van der Waals surface area contributed by atoms with Crippen molar-refractivity contribution in [1.82, 2.24) is 9.38 Å². The van der Waals surface area contributed by atoms with Gasteiger partial charge in [0.05, 0.1) is 10.6 Å². The number of carbonyl (C=O) groups is 1. The smallest absolute Gasteiger partial charge is 0.258 e. The molecule has 0 aliphatic rings. The Bertz CT molecular complexity index is 1220. The highest BCUT2D eigenvalue weighted by molar-refractivity contribution is 6.37. The molecule has 4 aromatic rings. The Morgan fingerprint density at radius 1 is 1.00 bits per heavy atom. The van der Waals surface area contributed by atoms with E-state index in [9.17, 15) is 4.79 Å². The van der Waals surface area contributed by atoms with Crippen molar-refractivity contribution in [2.45, 2.75) is 6.92 Å². The summed E-state index contributed by atoms with van der Waals surface area (Å²) in [7, 11) is 0. The lowest BCUT2D eigenvalue weighted by Crippen LogP contribution is -2.14. The van der Waals surface area contributed by atoms with Gasteiger partial charge in [0.15, 0.2) is 0 Å². The van der Waals surface area contributed by atoms with Gasteiger partial charge in [0.2, 0.25) is 0 Å². The molecule has 0 bridgehead atoms. The lowest BCUT2D eigenvalue weighted by molar-refractivity contribution is 0.102. The third-order valence-electron chi connectivity index (χ3n) is 4.27. The summed E-state index contributed by atoms with van der Waals surface area (Å²) in [5.74, 6) is 0.185. The van der Waals surface area contributed by atoms with E-state index in [0.29, 0.717) is 32.8 Å². The molecule has 1 N–H and O–H groups in total. The summed E-state index contributed by atoms with van der Waals surface area (Å²) in [6.45, 7) is 1.97. The molecule has 0 fully saturated rings. The number of nitrogens with one attached hydrogen (secondary N) is 1.